The highest BCUT2D eigenvalue weighted by molar-refractivity contribution is 5.90. The summed E-state index contributed by atoms with van der Waals surface area (Å²) in [5.41, 5.74) is 5.69. The number of carboxylic acid groups (broad SMARTS) is 1. The second-order valence-electron chi connectivity index (χ2n) is 4.32. The largest absolute Gasteiger partial charge is 0.478 e. The van der Waals surface area contributed by atoms with Crippen molar-refractivity contribution in [2.24, 2.45) is 5.92 Å². The molecule has 0 saturated heterocycles. The molecule has 0 aliphatic rings. The zero-order valence-corrected chi connectivity index (χ0v) is 10.3. The maximum Gasteiger partial charge on any atom is 0.338 e. The van der Waals surface area contributed by atoms with Gasteiger partial charge in [0.1, 0.15) is 5.82 Å². The molecule has 0 amide bonds. The third kappa shape index (κ3) is 3.10. The van der Waals surface area contributed by atoms with E-state index in [9.17, 15) is 9.18 Å². The summed E-state index contributed by atoms with van der Waals surface area (Å²) in [7, 11) is 0. The minimum absolute atomic E-state index is 0.0102. The molecule has 2 unspecified atom stereocenters. The van der Waals surface area contributed by atoms with Gasteiger partial charge in [0.2, 0.25) is 0 Å². The summed E-state index contributed by atoms with van der Waals surface area (Å²) in [6, 6.07) is 2.02. The normalized spacial score (nSPS) is 14.0. The predicted molar refractivity (Wildman–Crippen MR) is 67.1 cm³/mol. The van der Waals surface area contributed by atoms with E-state index in [0.29, 0.717) is 5.69 Å². The van der Waals surface area contributed by atoms with Gasteiger partial charge < -0.3 is 21.3 Å². The van der Waals surface area contributed by atoms with Crippen LogP contribution in [0.5, 0.6) is 0 Å². The van der Waals surface area contributed by atoms with Gasteiger partial charge in [0.15, 0.2) is 0 Å². The number of halogens is 1. The number of aromatic carboxylic acids is 1. The SMILES string of the molecule is CC(CO)C(C)Nc1cc(F)c(C(=O)O)cc1N. The molecule has 0 aliphatic carbocycles. The number of aliphatic hydroxyl groups excluding tert-OH is 1. The van der Waals surface area contributed by atoms with Gasteiger partial charge in [-0.15, -0.1) is 0 Å². The fourth-order valence-electron chi connectivity index (χ4n) is 1.42. The highest BCUT2D eigenvalue weighted by Gasteiger charge is 2.16. The van der Waals surface area contributed by atoms with Crippen molar-refractivity contribution in [2.45, 2.75) is 19.9 Å². The highest BCUT2D eigenvalue weighted by Crippen LogP contribution is 2.24. The number of nitrogens with one attached hydrogen (secondary N) is 1. The molecule has 1 aromatic carbocycles. The van der Waals surface area contributed by atoms with E-state index in [1.54, 1.807) is 0 Å². The van der Waals surface area contributed by atoms with Gasteiger partial charge in [0, 0.05) is 12.6 Å². The molecule has 2 atom stereocenters. The van der Waals surface area contributed by atoms with Gasteiger partial charge in [-0.05, 0) is 25.0 Å². The fourth-order valence-corrected chi connectivity index (χ4v) is 1.42. The lowest BCUT2D eigenvalue weighted by Gasteiger charge is -2.21. The summed E-state index contributed by atoms with van der Waals surface area (Å²) in [6.45, 7) is 3.64. The number of aliphatic hydroxyl groups is 1. The number of hydrogen-bond acceptors (Lipinski definition) is 4. The molecule has 5 N–H and O–H groups in total. The van der Waals surface area contributed by atoms with E-state index in [1.807, 2.05) is 13.8 Å². The highest BCUT2D eigenvalue weighted by atomic mass is 19.1. The fraction of sp³-hybridized carbons (Fsp3) is 0.417. The lowest BCUT2D eigenvalue weighted by molar-refractivity contribution is 0.0692. The molecule has 1 aromatic rings. The van der Waals surface area contributed by atoms with Crippen LogP contribution in [-0.2, 0) is 0 Å². The van der Waals surface area contributed by atoms with Crippen molar-refractivity contribution >= 4 is 17.3 Å². The average molecular weight is 256 g/mol. The lowest BCUT2D eigenvalue weighted by atomic mass is 10.0. The summed E-state index contributed by atoms with van der Waals surface area (Å²) in [5.74, 6) is -2.24. The smallest absolute Gasteiger partial charge is 0.338 e. The Kier molecular flexibility index (Phi) is 4.49. The van der Waals surface area contributed by atoms with Gasteiger partial charge >= 0.3 is 5.97 Å². The zero-order valence-electron chi connectivity index (χ0n) is 10.3. The molecule has 0 fully saturated rings. The summed E-state index contributed by atoms with van der Waals surface area (Å²) < 4.78 is 13.5. The number of anilines is 2. The number of benzene rings is 1. The number of carboxylic acids is 1. The Labute approximate surface area is 104 Å². The first-order chi connectivity index (χ1) is 8.36. The molecule has 1 rings (SSSR count). The van der Waals surface area contributed by atoms with E-state index in [-0.39, 0.29) is 24.3 Å². The van der Waals surface area contributed by atoms with Crippen LogP contribution >= 0.6 is 0 Å². The Morgan fingerprint density at radius 3 is 2.61 bits per heavy atom. The van der Waals surface area contributed by atoms with Gasteiger partial charge in [-0.2, -0.15) is 0 Å². The average Bonchev–Trinajstić information content (AvgIpc) is 2.31. The number of carbonyl (C=O) groups is 1. The lowest BCUT2D eigenvalue weighted by Crippen LogP contribution is -2.26. The van der Waals surface area contributed by atoms with Crippen molar-refractivity contribution in [1.29, 1.82) is 0 Å². The van der Waals surface area contributed by atoms with E-state index in [1.165, 1.54) is 0 Å². The molecule has 18 heavy (non-hydrogen) atoms. The maximum absolute atomic E-state index is 13.5. The quantitative estimate of drug-likeness (QED) is 0.599. The van der Waals surface area contributed by atoms with Crippen LogP contribution in [0.2, 0.25) is 0 Å². The Morgan fingerprint density at radius 1 is 1.50 bits per heavy atom. The molecule has 5 nitrogen and oxygen atoms in total. The second-order valence-corrected chi connectivity index (χ2v) is 4.32. The maximum atomic E-state index is 13.5. The molecular weight excluding hydrogens is 239 g/mol. The van der Waals surface area contributed by atoms with Crippen molar-refractivity contribution in [3.8, 4) is 0 Å². The molecule has 100 valence electrons. The molecule has 6 heteroatoms. The van der Waals surface area contributed by atoms with Crippen LogP contribution in [0.25, 0.3) is 0 Å². The Bertz CT molecular complexity index is 451. The number of rotatable bonds is 5. The van der Waals surface area contributed by atoms with E-state index >= 15 is 0 Å². The van der Waals surface area contributed by atoms with Gasteiger partial charge in [-0.3, -0.25) is 0 Å². The number of nitrogen functional groups attached to an aromatic ring is 1. The zero-order chi connectivity index (χ0) is 13.9. The topological polar surface area (TPSA) is 95.6 Å². The van der Waals surface area contributed by atoms with Crippen LogP contribution in [0.15, 0.2) is 12.1 Å². The second kappa shape index (κ2) is 5.68. The van der Waals surface area contributed by atoms with Gasteiger partial charge in [0.25, 0.3) is 0 Å². The van der Waals surface area contributed by atoms with Crippen LogP contribution in [0, 0.1) is 11.7 Å². The molecule has 0 spiro atoms. The first kappa shape index (κ1) is 14.2. The van der Waals surface area contributed by atoms with Crippen molar-refractivity contribution in [1.82, 2.24) is 0 Å². The Balaban J connectivity index is 2.98. The standard InChI is InChI=1S/C12H17FN2O3/c1-6(5-16)7(2)15-11-4-9(13)8(12(17)18)3-10(11)14/h3-4,6-7,15-16H,5,14H2,1-2H3,(H,17,18). The van der Waals surface area contributed by atoms with Crippen LogP contribution in [-0.4, -0.2) is 28.8 Å². The monoisotopic (exact) mass is 256 g/mol. The molecular formula is C12H17FN2O3. The predicted octanol–water partition coefficient (Wildman–Crippen LogP) is 1.53. The van der Waals surface area contributed by atoms with E-state index in [2.05, 4.69) is 5.32 Å². The Hall–Kier alpha value is -1.82. The summed E-state index contributed by atoms with van der Waals surface area (Å²) in [4.78, 5) is 10.7. The van der Waals surface area contributed by atoms with Gasteiger partial charge in [-0.25, -0.2) is 9.18 Å². The molecule has 0 bridgehead atoms. The summed E-state index contributed by atoms with van der Waals surface area (Å²) in [6.07, 6.45) is 0. The molecule has 0 radical (unpaired) electrons. The third-order valence-electron chi connectivity index (χ3n) is 2.89. The molecule has 0 aromatic heterocycles. The van der Waals surface area contributed by atoms with E-state index < -0.39 is 17.3 Å². The van der Waals surface area contributed by atoms with E-state index in [4.69, 9.17) is 15.9 Å². The molecule has 0 heterocycles. The van der Waals surface area contributed by atoms with Crippen LogP contribution in [0.4, 0.5) is 15.8 Å². The van der Waals surface area contributed by atoms with Crippen LogP contribution in [0.3, 0.4) is 0 Å². The molecule has 0 saturated carbocycles. The van der Waals surface area contributed by atoms with Crippen molar-refractivity contribution in [3.63, 3.8) is 0 Å². The van der Waals surface area contributed by atoms with Crippen molar-refractivity contribution in [3.05, 3.63) is 23.5 Å². The van der Waals surface area contributed by atoms with E-state index in [0.717, 1.165) is 12.1 Å². The Morgan fingerprint density at radius 2 is 2.11 bits per heavy atom. The molecule has 0 aliphatic heterocycles. The van der Waals surface area contributed by atoms with Crippen molar-refractivity contribution in [2.75, 3.05) is 17.7 Å². The minimum atomic E-state index is -1.36. The summed E-state index contributed by atoms with van der Waals surface area (Å²) >= 11 is 0. The number of nitrogens with two attached hydrogens (primary N) is 1. The first-order valence-corrected chi connectivity index (χ1v) is 5.56. The first-order valence-electron chi connectivity index (χ1n) is 5.56. The summed E-state index contributed by atoms with van der Waals surface area (Å²) in [5, 5.41) is 20.7. The van der Waals surface area contributed by atoms with Crippen LogP contribution < -0.4 is 11.1 Å². The van der Waals surface area contributed by atoms with Crippen LogP contribution in [0.1, 0.15) is 24.2 Å². The number of hydrogen-bond donors (Lipinski definition) is 4. The van der Waals surface area contributed by atoms with Gasteiger partial charge in [-0.1, -0.05) is 6.92 Å². The third-order valence-corrected chi connectivity index (χ3v) is 2.89. The minimum Gasteiger partial charge on any atom is -0.478 e. The van der Waals surface area contributed by atoms with Crippen molar-refractivity contribution < 1.29 is 19.4 Å². The van der Waals surface area contributed by atoms with Gasteiger partial charge in [0.05, 0.1) is 16.9 Å².